The number of carbonyl (C=O) groups is 1. The van der Waals surface area contributed by atoms with Gasteiger partial charge in [0.15, 0.2) is 16.7 Å². The fraction of sp³-hybridized carbons (Fsp3) is 0.154. The highest BCUT2D eigenvalue weighted by atomic mass is 32.2. The molecule has 10 heteroatoms. The number of sulfonamides is 1. The van der Waals surface area contributed by atoms with Crippen molar-refractivity contribution in [1.82, 2.24) is 4.90 Å². The Morgan fingerprint density at radius 1 is 1.03 bits per heavy atom. The van der Waals surface area contributed by atoms with E-state index in [2.05, 4.69) is 4.40 Å². The Balaban J connectivity index is 1.57. The van der Waals surface area contributed by atoms with Crippen molar-refractivity contribution < 1.29 is 27.1 Å². The third kappa shape index (κ3) is 5.77. The van der Waals surface area contributed by atoms with Gasteiger partial charge in [-0.3, -0.25) is 9.69 Å². The molecule has 3 aromatic rings. The van der Waals surface area contributed by atoms with E-state index in [0.29, 0.717) is 28.6 Å². The van der Waals surface area contributed by atoms with Crippen LogP contribution in [-0.4, -0.2) is 38.0 Å². The largest absolute Gasteiger partial charge is 0.493 e. The molecule has 1 aliphatic heterocycles. The maximum Gasteiger partial charge on any atom is 0.284 e. The zero-order chi connectivity index (χ0) is 25.7. The summed E-state index contributed by atoms with van der Waals surface area (Å²) in [6, 6.07) is 19.4. The summed E-state index contributed by atoms with van der Waals surface area (Å²) in [5.41, 5.74) is 1.69. The van der Waals surface area contributed by atoms with Crippen molar-refractivity contribution in [2.45, 2.75) is 18.4 Å². The molecule has 0 aliphatic carbocycles. The van der Waals surface area contributed by atoms with Crippen LogP contribution in [0, 0.1) is 5.82 Å². The molecule has 0 aromatic heterocycles. The first kappa shape index (κ1) is 25.5. The maximum atomic E-state index is 13.2. The molecule has 0 spiro atoms. The molecule has 3 aromatic carbocycles. The number of rotatable bonds is 8. The number of likely N-dealkylation sites (N-methyl/N-ethyl adjacent to an activating group) is 1. The number of hydrogen-bond donors (Lipinski definition) is 0. The van der Waals surface area contributed by atoms with E-state index in [0.717, 1.165) is 41.6 Å². The van der Waals surface area contributed by atoms with E-state index in [4.69, 9.17) is 9.47 Å². The number of ether oxygens (including phenoxy) is 2. The van der Waals surface area contributed by atoms with Gasteiger partial charge in [-0.1, -0.05) is 36.4 Å². The molecular weight excluding hydrogens is 503 g/mol. The normalized spacial score (nSPS) is 16.1. The monoisotopic (exact) mass is 526 g/mol. The first-order valence-corrected chi connectivity index (χ1v) is 13.2. The highest BCUT2D eigenvalue weighted by Crippen LogP contribution is 2.35. The van der Waals surface area contributed by atoms with E-state index in [1.54, 1.807) is 31.2 Å². The second-order valence-electron chi connectivity index (χ2n) is 7.65. The number of amidine groups is 1. The number of nitrogens with zero attached hydrogens (tertiary/aromatic N) is 2. The minimum absolute atomic E-state index is 0.0351. The van der Waals surface area contributed by atoms with E-state index in [1.807, 2.05) is 30.3 Å². The van der Waals surface area contributed by atoms with Crippen molar-refractivity contribution in [3.8, 4) is 11.5 Å². The summed E-state index contributed by atoms with van der Waals surface area (Å²) >= 11 is 0.958. The fourth-order valence-electron chi connectivity index (χ4n) is 3.40. The molecule has 1 fully saturated rings. The molecule has 186 valence electrons. The highest BCUT2D eigenvalue weighted by molar-refractivity contribution is 8.19. The molecular formula is C26H23FN2O5S2. The molecule has 0 radical (unpaired) electrons. The zero-order valence-corrected chi connectivity index (χ0v) is 21.2. The van der Waals surface area contributed by atoms with Gasteiger partial charge in [0.05, 0.1) is 16.9 Å². The molecule has 0 saturated carbocycles. The average molecular weight is 527 g/mol. The Morgan fingerprint density at radius 2 is 1.75 bits per heavy atom. The molecule has 0 unspecified atom stereocenters. The summed E-state index contributed by atoms with van der Waals surface area (Å²) < 4.78 is 53.8. The molecule has 1 amide bonds. The van der Waals surface area contributed by atoms with Crippen LogP contribution < -0.4 is 9.47 Å². The minimum Gasteiger partial charge on any atom is -0.493 e. The lowest BCUT2D eigenvalue weighted by molar-refractivity contribution is -0.122. The predicted octanol–water partition coefficient (Wildman–Crippen LogP) is 5.09. The zero-order valence-electron chi connectivity index (χ0n) is 19.5. The molecule has 1 aliphatic rings. The van der Waals surface area contributed by atoms with Crippen LogP contribution in [0.1, 0.15) is 18.1 Å². The summed E-state index contributed by atoms with van der Waals surface area (Å²) in [7, 11) is -2.60. The van der Waals surface area contributed by atoms with Gasteiger partial charge >= 0.3 is 0 Å². The molecule has 0 bridgehead atoms. The Morgan fingerprint density at radius 3 is 2.42 bits per heavy atom. The SMILES string of the molecule is CCN1C(=O)C(=Cc2ccc(OCc3ccccc3)c(OC)c2)SC1=NS(=O)(=O)c1ccc(F)cc1. The van der Waals surface area contributed by atoms with E-state index in [9.17, 15) is 17.6 Å². The van der Waals surface area contributed by atoms with E-state index in [-0.39, 0.29) is 22.5 Å². The Hall–Kier alpha value is -3.63. The molecule has 0 N–H and O–H groups in total. The van der Waals surface area contributed by atoms with Crippen LogP contribution in [0.25, 0.3) is 6.08 Å². The summed E-state index contributed by atoms with van der Waals surface area (Å²) in [6.45, 7) is 2.33. The highest BCUT2D eigenvalue weighted by Gasteiger charge is 2.34. The first-order chi connectivity index (χ1) is 17.3. The molecule has 0 atom stereocenters. The second-order valence-corrected chi connectivity index (χ2v) is 10.3. The van der Waals surface area contributed by atoms with E-state index >= 15 is 0 Å². The van der Waals surface area contributed by atoms with Crippen molar-refractivity contribution in [1.29, 1.82) is 0 Å². The first-order valence-electron chi connectivity index (χ1n) is 11.0. The minimum atomic E-state index is -4.13. The number of hydrogen-bond acceptors (Lipinski definition) is 6. The van der Waals surface area contributed by atoms with Gasteiger partial charge in [0, 0.05) is 6.54 Å². The summed E-state index contributed by atoms with van der Waals surface area (Å²) in [5, 5.41) is 0.0351. The third-order valence-corrected chi connectivity index (χ3v) is 7.64. The standard InChI is InChI=1S/C26H23FN2O5S2/c1-3-29-25(30)24(35-26(29)28-36(31,32)21-12-10-20(27)11-13-21)16-19-9-14-22(23(15-19)33-2)34-17-18-7-5-4-6-8-18/h4-16H,3,17H2,1-2H3. The molecule has 4 rings (SSSR count). The number of halogens is 1. The van der Waals surface area contributed by atoms with Gasteiger partial charge in [0.25, 0.3) is 15.9 Å². The molecule has 1 saturated heterocycles. The van der Waals surface area contributed by atoms with Gasteiger partial charge < -0.3 is 9.47 Å². The van der Waals surface area contributed by atoms with Crippen molar-refractivity contribution in [2.75, 3.05) is 13.7 Å². The van der Waals surface area contributed by atoms with Crippen LogP contribution >= 0.6 is 11.8 Å². The topological polar surface area (TPSA) is 85.3 Å². The number of benzene rings is 3. The predicted molar refractivity (Wildman–Crippen MR) is 138 cm³/mol. The van der Waals surface area contributed by atoms with Crippen LogP contribution in [0.2, 0.25) is 0 Å². The molecule has 7 nitrogen and oxygen atoms in total. The van der Waals surface area contributed by atoms with Crippen LogP contribution in [-0.2, 0) is 21.4 Å². The lowest BCUT2D eigenvalue weighted by atomic mass is 10.1. The van der Waals surface area contributed by atoms with Crippen LogP contribution in [0.5, 0.6) is 11.5 Å². The Labute approximate surface area is 213 Å². The lowest BCUT2D eigenvalue weighted by Crippen LogP contribution is -2.29. The van der Waals surface area contributed by atoms with Gasteiger partial charge in [-0.15, -0.1) is 4.40 Å². The number of amides is 1. The quantitative estimate of drug-likeness (QED) is 0.380. The average Bonchev–Trinajstić information content (AvgIpc) is 3.16. The van der Waals surface area contributed by atoms with Gasteiger partial charge in [-0.25, -0.2) is 4.39 Å². The maximum absolute atomic E-state index is 13.2. The van der Waals surface area contributed by atoms with Crippen LogP contribution in [0.3, 0.4) is 0 Å². The number of carbonyl (C=O) groups excluding carboxylic acids is 1. The van der Waals surface area contributed by atoms with Crippen molar-refractivity contribution in [3.05, 3.63) is 94.6 Å². The smallest absolute Gasteiger partial charge is 0.284 e. The summed E-state index contributed by atoms with van der Waals surface area (Å²) in [5.74, 6) is 0.130. The Kier molecular flexibility index (Phi) is 7.76. The fourth-order valence-corrected chi connectivity index (χ4v) is 5.64. The van der Waals surface area contributed by atoms with Crippen molar-refractivity contribution in [2.24, 2.45) is 4.40 Å². The van der Waals surface area contributed by atoms with Gasteiger partial charge in [0.1, 0.15) is 12.4 Å². The molecule has 36 heavy (non-hydrogen) atoms. The number of thioether (sulfide) groups is 1. The summed E-state index contributed by atoms with van der Waals surface area (Å²) in [4.78, 5) is 14.4. The third-order valence-electron chi connectivity index (χ3n) is 5.24. The lowest BCUT2D eigenvalue weighted by Gasteiger charge is -2.12. The summed E-state index contributed by atoms with van der Waals surface area (Å²) in [6.07, 6.45) is 1.65. The van der Waals surface area contributed by atoms with Gasteiger partial charge in [-0.05, 0) is 72.3 Å². The van der Waals surface area contributed by atoms with Crippen molar-refractivity contribution >= 4 is 38.9 Å². The van der Waals surface area contributed by atoms with Crippen LogP contribution in [0.15, 0.2) is 87.0 Å². The molecule has 1 heterocycles. The van der Waals surface area contributed by atoms with Gasteiger partial charge in [0.2, 0.25) is 0 Å². The van der Waals surface area contributed by atoms with E-state index in [1.165, 1.54) is 12.0 Å². The second kappa shape index (κ2) is 11.0. The van der Waals surface area contributed by atoms with Crippen molar-refractivity contribution in [3.63, 3.8) is 0 Å². The van der Waals surface area contributed by atoms with Crippen LogP contribution in [0.4, 0.5) is 4.39 Å². The Bertz CT molecular complexity index is 1420. The van der Waals surface area contributed by atoms with Gasteiger partial charge in [-0.2, -0.15) is 8.42 Å². The van der Waals surface area contributed by atoms with E-state index < -0.39 is 15.8 Å². The number of methoxy groups -OCH3 is 1.